The fourth-order valence-corrected chi connectivity index (χ4v) is 3.19. The molecule has 3 heteroatoms. The van der Waals surface area contributed by atoms with E-state index in [1.807, 2.05) is 31.2 Å². The fraction of sp³-hybridized carbons (Fsp3) is 0.471. The van der Waals surface area contributed by atoms with Crippen LogP contribution >= 0.6 is 0 Å². The maximum atomic E-state index is 12.8. The van der Waals surface area contributed by atoms with Crippen molar-refractivity contribution in [1.29, 1.82) is 0 Å². The molecule has 1 aromatic carbocycles. The Hall–Kier alpha value is -1.61. The van der Waals surface area contributed by atoms with Crippen molar-refractivity contribution in [2.24, 2.45) is 0 Å². The normalized spacial score (nSPS) is 18.3. The van der Waals surface area contributed by atoms with Crippen molar-refractivity contribution in [3.05, 3.63) is 35.6 Å². The highest BCUT2D eigenvalue weighted by Gasteiger charge is 2.41. The summed E-state index contributed by atoms with van der Waals surface area (Å²) < 4.78 is 11.4. The summed E-state index contributed by atoms with van der Waals surface area (Å²) in [5.41, 5.74) is 1.18. The van der Waals surface area contributed by atoms with Crippen LogP contribution < -0.4 is 0 Å². The molecule has 1 aromatic heterocycles. The van der Waals surface area contributed by atoms with Gasteiger partial charge in [-0.1, -0.05) is 37.5 Å². The molecule has 20 heavy (non-hydrogen) atoms. The lowest BCUT2D eigenvalue weighted by Gasteiger charge is -2.33. The van der Waals surface area contributed by atoms with Crippen LogP contribution in [0.4, 0.5) is 0 Å². The molecule has 0 atom stereocenters. The molecule has 3 rings (SSSR count). The molecule has 1 aliphatic rings. The number of hydrogen-bond donors (Lipinski definition) is 0. The Kier molecular flexibility index (Phi) is 3.38. The summed E-state index contributed by atoms with van der Waals surface area (Å²) in [7, 11) is 1.64. The van der Waals surface area contributed by atoms with Gasteiger partial charge in [0.05, 0.1) is 0 Å². The maximum absolute atomic E-state index is 12.8. The second-order valence-corrected chi connectivity index (χ2v) is 5.69. The number of aryl methyl sites for hydroxylation is 1. The van der Waals surface area contributed by atoms with E-state index in [-0.39, 0.29) is 5.78 Å². The van der Waals surface area contributed by atoms with Crippen LogP contribution in [0.3, 0.4) is 0 Å². The van der Waals surface area contributed by atoms with E-state index >= 15 is 0 Å². The second-order valence-electron chi connectivity index (χ2n) is 5.69. The van der Waals surface area contributed by atoms with E-state index in [4.69, 9.17) is 9.15 Å². The van der Waals surface area contributed by atoms with Crippen LogP contribution in [0.15, 0.2) is 28.7 Å². The predicted octanol–water partition coefficient (Wildman–Crippen LogP) is 4.27. The van der Waals surface area contributed by atoms with E-state index in [1.165, 1.54) is 6.42 Å². The molecular formula is C17H20O3. The molecule has 1 saturated carbocycles. The minimum Gasteiger partial charge on any atom is -0.453 e. The van der Waals surface area contributed by atoms with Gasteiger partial charge >= 0.3 is 0 Å². The molecule has 0 saturated heterocycles. The molecule has 0 unspecified atom stereocenters. The number of furan rings is 1. The maximum Gasteiger partial charge on any atom is 0.229 e. The third-order valence-corrected chi connectivity index (χ3v) is 4.43. The molecule has 0 spiro atoms. The molecule has 0 radical (unpaired) electrons. The van der Waals surface area contributed by atoms with Crippen LogP contribution in [0.1, 0.15) is 48.2 Å². The van der Waals surface area contributed by atoms with Crippen LogP contribution in [0.2, 0.25) is 0 Å². The van der Waals surface area contributed by atoms with Crippen molar-refractivity contribution in [2.75, 3.05) is 7.11 Å². The van der Waals surface area contributed by atoms with Gasteiger partial charge < -0.3 is 9.15 Å². The number of para-hydroxylation sites is 1. The summed E-state index contributed by atoms with van der Waals surface area (Å²) in [4.78, 5) is 12.8. The number of ether oxygens (including phenoxy) is 1. The highest BCUT2D eigenvalue weighted by molar-refractivity contribution is 6.03. The van der Waals surface area contributed by atoms with E-state index < -0.39 is 5.60 Å². The van der Waals surface area contributed by atoms with Crippen molar-refractivity contribution >= 4 is 16.8 Å². The number of carbonyl (C=O) groups excluding carboxylic acids is 1. The topological polar surface area (TPSA) is 39.4 Å². The third kappa shape index (κ3) is 2.06. The van der Waals surface area contributed by atoms with Gasteiger partial charge in [0.1, 0.15) is 11.2 Å². The van der Waals surface area contributed by atoms with E-state index in [1.54, 1.807) is 7.11 Å². The summed E-state index contributed by atoms with van der Waals surface area (Å²) in [5.74, 6) is 0.424. The smallest absolute Gasteiger partial charge is 0.229 e. The summed E-state index contributed by atoms with van der Waals surface area (Å²) >= 11 is 0. The van der Waals surface area contributed by atoms with Gasteiger partial charge in [-0.3, -0.25) is 4.79 Å². The molecule has 0 amide bonds. The Morgan fingerprint density at radius 1 is 1.25 bits per heavy atom. The lowest BCUT2D eigenvalue weighted by atomic mass is 9.80. The van der Waals surface area contributed by atoms with Crippen LogP contribution in [0, 0.1) is 6.92 Å². The Balaban J connectivity index is 2.01. The van der Waals surface area contributed by atoms with Crippen LogP contribution in [-0.4, -0.2) is 18.5 Å². The predicted molar refractivity (Wildman–Crippen MR) is 78.1 cm³/mol. The average molecular weight is 272 g/mol. The number of methoxy groups -OCH3 is 1. The van der Waals surface area contributed by atoms with Gasteiger partial charge in [0.25, 0.3) is 0 Å². The van der Waals surface area contributed by atoms with Gasteiger partial charge in [-0.15, -0.1) is 0 Å². The standard InChI is InChI=1S/C17H20O3/c1-12-7-6-8-13-11-14(20-15(12)13)16(18)17(19-2)9-4-3-5-10-17/h6-8,11H,3-5,9-10H2,1-2H3. The Bertz CT molecular complexity index is 633. The molecule has 1 heterocycles. The van der Waals surface area contributed by atoms with Crippen molar-refractivity contribution in [3.8, 4) is 0 Å². The van der Waals surface area contributed by atoms with E-state index in [0.29, 0.717) is 5.76 Å². The van der Waals surface area contributed by atoms with Gasteiger partial charge in [0, 0.05) is 12.5 Å². The fourth-order valence-electron chi connectivity index (χ4n) is 3.19. The van der Waals surface area contributed by atoms with Crippen LogP contribution in [0.25, 0.3) is 11.0 Å². The van der Waals surface area contributed by atoms with Gasteiger partial charge in [-0.05, 0) is 31.4 Å². The number of carbonyl (C=O) groups is 1. The number of benzene rings is 1. The van der Waals surface area contributed by atoms with Crippen LogP contribution in [0.5, 0.6) is 0 Å². The highest BCUT2D eigenvalue weighted by Crippen LogP contribution is 2.35. The van der Waals surface area contributed by atoms with Crippen molar-refractivity contribution in [1.82, 2.24) is 0 Å². The van der Waals surface area contributed by atoms with Gasteiger partial charge in [0.2, 0.25) is 5.78 Å². The zero-order valence-corrected chi connectivity index (χ0v) is 12.1. The summed E-state index contributed by atoms with van der Waals surface area (Å²) in [6, 6.07) is 7.80. The summed E-state index contributed by atoms with van der Waals surface area (Å²) in [6.45, 7) is 1.99. The van der Waals surface area contributed by atoms with Gasteiger partial charge in [-0.2, -0.15) is 0 Å². The lowest BCUT2D eigenvalue weighted by Crippen LogP contribution is -2.42. The average Bonchev–Trinajstić information content (AvgIpc) is 2.92. The molecule has 0 bridgehead atoms. The number of Topliss-reactive ketones (excluding diaryl/α,β-unsaturated/α-hetero) is 1. The third-order valence-electron chi connectivity index (χ3n) is 4.43. The Morgan fingerprint density at radius 2 is 2.00 bits per heavy atom. The van der Waals surface area contributed by atoms with Gasteiger partial charge in [0.15, 0.2) is 5.76 Å². The monoisotopic (exact) mass is 272 g/mol. The SMILES string of the molecule is COC1(C(=O)c2cc3cccc(C)c3o2)CCCCC1. The molecule has 1 aliphatic carbocycles. The summed E-state index contributed by atoms with van der Waals surface area (Å²) in [6.07, 6.45) is 4.84. The van der Waals surface area contributed by atoms with E-state index in [9.17, 15) is 4.79 Å². The highest BCUT2D eigenvalue weighted by atomic mass is 16.5. The Morgan fingerprint density at radius 3 is 2.65 bits per heavy atom. The van der Waals surface area contributed by atoms with Gasteiger partial charge in [-0.25, -0.2) is 0 Å². The number of rotatable bonds is 3. The number of hydrogen-bond acceptors (Lipinski definition) is 3. The summed E-state index contributed by atoms with van der Waals surface area (Å²) in [5, 5.41) is 0.982. The zero-order chi connectivity index (χ0) is 14.2. The molecule has 1 fully saturated rings. The Labute approximate surface area is 118 Å². The molecule has 2 aromatic rings. The van der Waals surface area contributed by atoms with Crippen molar-refractivity contribution in [2.45, 2.75) is 44.6 Å². The second kappa shape index (κ2) is 5.06. The molecule has 3 nitrogen and oxygen atoms in total. The first-order valence-corrected chi connectivity index (χ1v) is 7.25. The van der Waals surface area contributed by atoms with Crippen LogP contribution in [-0.2, 0) is 4.74 Å². The first-order chi connectivity index (χ1) is 9.66. The minimum atomic E-state index is -0.681. The quantitative estimate of drug-likeness (QED) is 0.783. The molecule has 0 aliphatic heterocycles. The molecule has 106 valence electrons. The first kappa shape index (κ1) is 13.4. The van der Waals surface area contributed by atoms with Crippen molar-refractivity contribution < 1.29 is 13.9 Å². The zero-order valence-electron chi connectivity index (χ0n) is 12.1. The first-order valence-electron chi connectivity index (χ1n) is 7.25. The van der Waals surface area contributed by atoms with E-state index in [2.05, 4.69) is 0 Å². The van der Waals surface area contributed by atoms with E-state index in [0.717, 1.165) is 42.2 Å². The minimum absolute atomic E-state index is 0.00435. The van der Waals surface area contributed by atoms with Crippen molar-refractivity contribution in [3.63, 3.8) is 0 Å². The number of fused-ring (bicyclic) bond motifs is 1. The molecule has 0 N–H and O–H groups in total. The lowest BCUT2D eigenvalue weighted by molar-refractivity contribution is -0.0210. The number of ketones is 1. The largest absolute Gasteiger partial charge is 0.453 e. The molecular weight excluding hydrogens is 252 g/mol.